The summed E-state index contributed by atoms with van der Waals surface area (Å²) in [5.74, 6) is 5.96. The van der Waals surface area contributed by atoms with E-state index in [4.69, 9.17) is 5.73 Å². The van der Waals surface area contributed by atoms with Gasteiger partial charge in [0.2, 0.25) is 0 Å². The van der Waals surface area contributed by atoms with Gasteiger partial charge in [-0.1, -0.05) is 36.4 Å². The number of nitrogens with two attached hydrogens (primary N) is 1. The van der Waals surface area contributed by atoms with Crippen LogP contribution in [0.4, 0.5) is 0 Å². The van der Waals surface area contributed by atoms with Crippen LogP contribution in [0.25, 0.3) is 10.8 Å². The molecule has 0 aliphatic carbocycles. The minimum absolute atomic E-state index is 0.197. The third-order valence-corrected chi connectivity index (χ3v) is 3.23. The van der Waals surface area contributed by atoms with E-state index in [-0.39, 0.29) is 6.04 Å². The molecule has 0 aromatic heterocycles. The van der Waals surface area contributed by atoms with Crippen molar-refractivity contribution in [1.82, 2.24) is 5.32 Å². The van der Waals surface area contributed by atoms with Crippen molar-refractivity contribution in [2.45, 2.75) is 19.4 Å². The molecule has 0 saturated heterocycles. The maximum Gasteiger partial charge on any atom is 0.0445 e. The molecule has 1 atom stereocenters. The molecule has 0 bridgehead atoms. The molecule has 0 spiro atoms. The van der Waals surface area contributed by atoms with Gasteiger partial charge in [-0.15, -0.1) is 11.8 Å². The molecule has 2 nitrogen and oxygen atoms in total. The normalized spacial score (nSPS) is 11.9. The molecule has 3 N–H and O–H groups in total. The standard InChI is InChI=1S/C17H20N2/c1-2-3-6-11-19-17(13-18)16-10-9-14-7-4-5-8-15(14)12-16/h4-5,7-10,12,17,19H,6,11,13,18H2,1H3. The zero-order valence-corrected chi connectivity index (χ0v) is 11.3. The fourth-order valence-electron chi connectivity index (χ4n) is 2.20. The number of hydrogen-bond donors (Lipinski definition) is 2. The van der Waals surface area contributed by atoms with Gasteiger partial charge in [-0.2, -0.15) is 0 Å². The first-order valence-corrected chi connectivity index (χ1v) is 6.67. The molecule has 1 unspecified atom stereocenters. The third-order valence-electron chi connectivity index (χ3n) is 3.23. The monoisotopic (exact) mass is 252 g/mol. The van der Waals surface area contributed by atoms with Crippen LogP contribution in [0.1, 0.15) is 24.9 Å². The average Bonchev–Trinajstić information content (AvgIpc) is 2.47. The Morgan fingerprint density at radius 2 is 1.95 bits per heavy atom. The lowest BCUT2D eigenvalue weighted by atomic mass is 10.0. The van der Waals surface area contributed by atoms with E-state index in [2.05, 4.69) is 59.6 Å². The minimum Gasteiger partial charge on any atom is -0.329 e. The Kier molecular flexibility index (Phi) is 4.97. The van der Waals surface area contributed by atoms with E-state index in [0.717, 1.165) is 13.0 Å². The lowest BCUT2D eigenvalue weighted by Crippen LogP contribution is -2.28. The average molecular weight is 252 g/mol. The number of rotatable bonds is 5. The first kappa shape index (κ1) is 13.6. The summed E-state index contributed by atoms with van der Waals surface area (Å²) >= 11 is 0. The molecule has 0 heterocycles. The van der Waals surface area contributed by atoms with Gasteiger partial charge in [0, 0.05) is 25.6 Å². The van der Waals surface area contributed by atoms with Gasteiger partial charge in [0.15, 0.2) is 0 Å². The predicted molar refractivity (Wildman–Crippen MR) is 81.8 cm³/mol. The molecule has 19 heavy (non-hydrogen) atoms. The van der Waals surface area contributed by atoms with E-state index in [1.807, 2.05) is 6.92 Å². The Labute approximate surface area is 115 Å². The van der Waals surface area contributed by atoms with Crippen LogP contribution in [0.2, 0.25) is 0 Å². The van der Waals surface area contributed by atoms with E-state index >= 15 is 0 Å². The van der Waals surface area contributed by atoms with Crippen molar-refractivity contribution >= 4 is 10.8 Å². The second kappa shape index (κ2) is 6.94. The van der Waals surface area contributed by atoms with Crippen LogP contribution in [-0.2, 0) is 0 Å². The minimum atomic E-state index is 0.197. The maximum absolute atomic E-state index is 5.87. The van der Waals surface area contributed by atoms with Gasteiger partial charge in [0.25, 0.3) is 0 Å². The van der Waals surface area contributed by atoms with Crippen LogP contribution in [0.3, 0.4) is 0 Å². The summed E-state index contributed by atoms with van der Waals surface area (Å²) in [6.07, 6.45) is 0.862. The molecule has 0 fully saturated rings. The first-order chi connectivity index (χ1) is 9.35. The smallest absolute Gasteiger partial charge is 0.0445 e. The molecule has 0 aliphatic rings. The van der Waals surface area contributed by atoms with Crippen molar-refractivity contribution in [3.05, 3.63) is 48.0 Å². The van der Waals surface area contributed by atoms with Crippen LogP contribution in [0.15, 0.2) is 42.5 Å². The molecule has 0 aliphatic heterocycles. The number of benzene rings is 2. The Morgan fingerprint density at radius 1 is 1.16 bits per heavy atom. The Bertz CT molecular complexity index is 593. The summed E-state index contributed by atoms with van der Waals surface area (Å²) in [5, 5.41) is 5.98. The summed E-state index contributed by atoms with van der Waals surface area (Å²) in [4.78, 5) is 0. The van der Waals surface area contributed by atoms with Gasteiger partial charge < -0.3 is 11.1 Å². The number of nitrogens with one attached hydrogen (secondary N) is 1. The molecule has 2 aromatic carbocycles. The summed E-state index contributed by atoms with van der Waals surface area (Å²) in [5.41, 5.74) is 7.11. The third kappa shape index (κ3) is 3.57. The van der Waals surface area contributed by atoms with Crippen LogP contribution in [0.5, 0.6) is 0 Å². The molecule has 0 radical (unpaired) electrons. The van der Waals surface area contributed by atoms with E-state index in [1.54, 1.807) is 0 Å². The Hall–Kier alpha value is -1.82. The Balaban J connectivity index is 2.12. The largest absolute Gasteiger partial charge is 0.329 e. The molecule has 2 heteroatoms. The van der Waals surface area contributed by atoms with Gasteiger partial charge >= 0.3 is 0 Å². The van der Waals surface area contributed by atoms with Crippen LogP contribution in [0, 0.1) is 11.8 Å². The quantitative estimate of drug-likeness (QED) is 0.634. The van der Waals surface area contributed by atoms with Gasteiger partial charge in [0.05, 0.1) is 0 Å². The first-order valence-electron chi connectivity index (χ1n) is 6.67. The fourth-order valence-corrected chi connectivity index (χ4v) is 2.20. The van der Waals surface area contributed by atoms with Gasteiger partial charge in [-0.3, -0.25) is 0 Å². The highest BCUT2D eigenvalue weighted by Gasteiger charge is 2.08. The zero-order valence-electron chi connectivity index (χ0n) is 11.3. The van der Waals surface area contributed by atoms with Gasteiger partial charge in [-0.05, 0) is 29.3 Å². The summed E-state index contributed by atoms with van der Waals surface area (Å²) in [6.45, 7) is 3.33. The summed E-state index contributed by atoms with van der Waals surface area (Å²) in [7, 11) is 0. The molecule has 0 amide bonds. The van der Waals surface area contributed by atoms with Crippen molar-refractivity contribution in [1.29, 1.82) is 0 Å². The fraction of sp³-hybridized carbons (Fsp3) is 0.294. The maximum atomic E-state index is 5.87. The molecule has 2 rings (SSSR count). The van der Waals surface area contributed by atoms with Gasteiger partial charge in [-0.25, -0.2) is 0 Å². The highest BCUT2D eigenvalue weighted by molar-refractivity contribution is 5.83. The van der Waals surface area contributed by atoms with Crippen LogP contribution in [-0.4, -0.2) is 13.1 Å². The molecule has 2 aromatic rings. The van der Waals surface area contributed by atoms with Crippen LogP contribution < -0.4 is 11.1 Å². The van der Waals surface area contributed by atoms with Crippen molar-refractivity contribution in [3.8, 4) is 11.8 Å². The Morgan fingerprint density at radius 3 is 2.68 bits per heavy atom. The molecule has 98 valence electrons. The lowest BCUT2D eigenvalue weighted by molar-refractivity contribution is 0.551. The predicted octanol–water partition coefficient (Wildman–Crippen LogP) is 2.84. The second-order valence-electron chi connectivity index (χ2n) is 4.53. The SMILES string of the molecule is CC#CCCNC(CN)c1ccc2ccccc2c1. The summed E-state index contributed by atoms with van der Waals surface area (Å²) < 4.78 is 0. The van der Waals surface area contributed by atoms with Crippen molar-refractivity contribution in [3.63, 3.8) is 0 Å². The number of fused-ring (bicyclic) bond motifs is 1. The number of hydrogen-bond acceptors (Lipinski definition) is 2. The van der Waals surface area contributed by atoms with E-state index in [1.165, 1.54) is 16.3 Å². The topological polar surface area (TPSA) is 38.0 Å². The van der Waals surface area contributed by atoms with Crippen molar-refractivity contribution in [2.24, 2.45) is 5.73 Å². The highest BCUT2D eigenvalue weighted by atomic mass is 14.9. The van der Waals surface area contributed by atoms with Crippen molar-refractivity contribution < 1.29 is 0 Å². The molecular weight excluding hydrogens is 232 g/mol. The van der Waals surface area contributed by atoms with Crippen LogP contribution >= 0.6 is 0 Å². The van der Waals surface area contributed by atoms with Crippen molar-refractivity contribution in [2.75, 3.05) is 13.1 Å². The summed E-state index contributed by atoms with van der Waals surface area (Å²) in [6, 6.07) is 15.1. The lowest BCUT2D eigenvalue weighted by Gasteiger charge is -2.17. The van der Waals surface area contributed by atoms with Gasteiger partial charge in [0.1, 0.15) is 0 Å². The molecule has 0 saturated carbocycles. The second-order valence-corrected chi connectivity index (χ2v) is 4.53. The van der Waals surface area contributed by atoms with E-state index < -0.39 is 0 Å². The highest BCUT2D eigenvalue weighted by Crippen LogP contribution is 2.19. The zero-order chi connectivity index (χ0) is 13.5. The van der Waals surface area contributed by atoms with E-state index in [9.17, 15) is 0 Å². The molecular formula is C17H20N2. The van der Waals surface area contributed by atoms with E-state index in [0.29, 0.717) is 6.54 Å².